The van der Waals surface area contributed by atoms with Crippen LogP contribution in [0.15, 0.2) is 58.4 Å². The van der Waals surface area contributed by atoms with Gasteiger partial charge in [0.25, 0.3) is 11.8 Å². The van der Waals surface area contributed by atoms with Gasteiger partial charge in [-0.05, 0) is 47.7 Å². The van der Waals surface area contributed by atoms with Crippen molar-refractivity contribution in [3.63, 3.8) is 0 Å². The predicted molar refractivity (Wildman–Crippen MR) is 101 cm³/mol. The molecule has 1 heterocycles. The Bertz CT molecular complexity index is 907. The Morgan fingerprint density at radius 3 is 2.50 bits per heavy atom. The zero-order chi connectivity index (χ0) is 18.5. The molecule has 26 heavy (non-hydrogen) atoms. The van der Waals surface area contributed by atoms with Gasteiger partial charge in [0.1, 0.15) is 0 Å². The number of aliphatic imine (C=N–C) groups is 1. The first-order chi connectivity index (χ1) is 12.6. The van der Waals surface area contributed by atoms with Gasteiger partial charge in [0.05, 0.1) is 19.1 Å². The van der Waals surface area contributed by atoms with Crippen LogP contribution in [-0.2, 0) is 4.79 Å². The monoisotopic (exact) mass is 368 g/mol. The second-order valence-corrected chi connectivity index (χ2v) is 6.30. The van der Waals surface area contributed by atoms with E-state index in [2.05, 4.69) is 10.3 Å². The average molecular weight is 368 g/mol. The first-order valence-electron chi connectivity index (χ1n) is 7.71. The lowest BCUT2D eigenvalue weighted by molar-refractivity contribution is -0.115. The van der Waals surface area contributed by atoms with Crippen LogP contribution in [0.5, 0.6) is 11.5 Å². The van der Waals surface area contributed by atoms with Gasteiger partial charge >= 0.3 is 0 Å². The number of carbonyl (C=O) groups excluding carboxylic acids is 2. The number of carbonyl (C=O) groups is 2. The van der Waals surface area contributed by atoms with Crippen molar-refractivity contribution in [2.45, 2.75) is 0 Å². The molecule has 0 spiro atoms. The van der Waals surface area contributed by atoms with Crippen molar-refractivity contribution in [1.29, 1.82) is 0 Å². The molecule has 2 aromatic rings. The van der Waals surface area contributed by atoms with Crippen LogP contribution in [-0.4, -0.2) is 31.2 Å². The molecule has 1 aliphatic rings. The number of ether oxygens (including phenoxy) is 2. The minimum atomic E-state index is -0.402. The molecule has 2 aromatic carbocycles. The van der Waals surface area contributed by atoms with Gasteiger partial charge in [-0.15, -0.1) is 0 Å². The van der Waals surface area contributed by atoms with Gasteiger partial charge in [-0.25, -0.2) is 0 Å². The van der Waals surface area contributed by atoms with Crippen molar-refractivity contribution in [3.05, 3.63) is 64.6 Å². The molecule has 0 aliphatic carbocycles. The maximum atomic E-state index is 12.1. The summed E-state index contributed by atoms with van der Waals surface area (Å²) in [5.74, 6) is 0.470. The fourth-order valence-electron chi connectivity index (χ4n) is 2.31. The van der Waals surface area contributed by atoms with Crippen molar-refractivity contribution < 1.29 is 19.1 Å². The van der Waals surface area contributed by atoms with E-state index in [0.717, 1.165) is 17.3 Å². The Labute approximate surface area is 154 Å². The normalized spacial score (nSPS) is 16.6. The highest BCUT2D eigenvalue weighted by Gasteiger charge is 2.25. The Kier molecular flexibility index (Phi) is 5.38. The minimum Gasteiger partial charge on any atom is -0.493 e. The Morgan fingerprint density at radius 2 is 1.81 bits per heavy atom. The van der Waals surface area contributed by atoms with Crippen LogP contribution in [0, 0.1) is 0 Å². The number of rotatable bonds is 4. The van der Waals surface area contributed by atoms with Crippen molar-refractivity contribution in [2.75, 3.05) is 14.2 Å². The van der Waals surface area contributed by atoms with E-state index in [1.165, 1.54) is 0 Å². The molecular weight excluding hydrogens is 352 g/mol. The van der Waals surface area contributed by atoms with Crippen molar-refractivity contribution in [2.24, 2.45) is 4.99 Å². The topological polar surface area (TPSA) is 77.0 Å². The van der Waals surface area contributed by atoms with Gasteiger partial charge in [0.15, 0.2) is 16.7 Å². The van der Waals surface area contributed by atoms with Gasteiger partial charge in [-0.3, -0.25) is 9.59 Å². The number of benzene rings is 2. The Balaban J connectivity index is 1.80. The minimum absolute atomic E-state index is 0.260. The van der Waals surface area contributed by atoms with E-state index in [-0.39, 0.29) is 11.1 Å². The highest BCUT2D eigenvalue weighted by Crippen LogP contribution is 2.31. The molecule has 0 atom stereocenters. The number of methoxy groups -OCH3 is 2. The second kappa shape index (κ2) is 7.88. The number of nitrogens with zero attached hydrogens (tertiary/aromatic N) is 1. The molecule has 2 amide bonds. The summed E-state index contributed by atoms with van der Waals surface area (Å²) in [4.78, 5) is 28.7. The molecule has 1 N–H and O–H groups in total. The molecule has 6 nitrogen and oxygen atoms in total. The maximum absolute atomic E-state index is 12.1. The van der Waals surface area contributed by atoms with Gasteiger partial charge in [-0.2, -0.15) is 4.99 Å². The smallest absolute Gasteiger partial charge is 0.279 e. The second-order valence-electron chi connectivity index (χ2n) is 5.27. The molecule has 1 fully saturated rings. The molecule has 3 rings (SSSR count). The van der Waals surface area contributed by atoms with Crippen LogP contribution >= 0.6 is 11.8 Å². The summed E-state index contributed by atoms with van der Waals surface area (Å²) < 4.78 is 10.5. The summed E-state index contributed by atoms with van der Waals surface area (Å²) >= 11 is 1.12. The molecular formula is C19H16N2O4S. The maximum Gasteiger partial charge on any atom is 0.279 e. The van der Waals surface area contributed by atoms with Crippen LogP contribution in [0.2, 0.25) is 0 Å². The third-order valence-corrected chi connectivity index (χ3v) is 4.49. The van der Waals surface area contributed by atoms with Crippen molar-refractivity contribution in [1.82, 2.24) is 5.32 Å². The highest BCUT2D eigenvalue weighted by molar-refractivity contribution is 8.18. The largest absolute Gasteiger partial charge is 0.493 e. The van der Waals surface area contributed by atoms with E-state index in [4.69, 9.17) is 9.47 Å². The quantitative estimate of drug-likeness (QED) is 0.839. The number of hydrogen-bond donors (Lipinski definition) is 1. The lowest BCUT2D eigenvalue weighted by Crippen LogP contribution is -2.20. The van der Waals surface area contributed by atoms with Crippen LogP contribution in [0.1, 0.15) is 15.9 Å². The summed E-state index contributed by atoms with van der Waals surface area (Å²) in [6.07, 6.45) is 1.71. The van der Waals surface area contributed by atoms with E-state index in [0.29, 0.717) is 22.0 Å². The third-order valence-electron chi connectivity index (χ3n) is 3.58. The summed E-state index contributed by atoms with van der Waals surface area (Å²) in [5, 5.41) is 2.86. The van der Waals surface area contributed by atoms with Crippen LogP contribution in [0.4, 0.5) is 0 Å². The van der Waals surface area contributed by atoms with Crippen LogP contribution in [0.25, 0.3) is 6.08 Å². The van der Waals surface area contributed by atoms with Crippen LogP contribution < -0.4 is 14.8 Å². The van der Waals surface area contributed by atoms with Gasteiger partial charge in [0.2, 0.25) is 0 Å². The molecule has 1 aliphatic heterocycles. The molecule has 0 aromatic heterocycles. The van der Waals surface area contributed by atoms with Gasteiger partial charge in [0, 0.05) is 5.56 Å². The third kappa shape index (κ3) is 3.94. The molecule has 0 saturated carbocycles. The number of thioether (sulfide) groups is 1. The number of hydrogen-bond acceptors (Lipinski definition) is 5. The van der Waals surface area contributed by atoms with Crippen molar-refractivity contribution >= 4 is 34.8 Å². The number of nitrogens with one attached hydrogen (secondary N) is 1. The predicted octanol–water partition coefficient (Wildman–Crippen LogP) is 3.10. The molecule has 7 heteroatoms. The molecule has 0 bridgehead atoms. The Hall–Kier alpha value is -3.06. The zero-order valence-corrected chi connectivity index (χ0v) is 15.0. The number of amidine groups is 1. The van der Waals surface area contributed by atoms with Gasteiger partial charge in [-0.1, -0.05) is 24.3 Å². The fraction of sp³-hybridized carbons (Fsp3) is 0.105. The van der Waals surface area contributed by atoms with Crippen molar-refractivity contribution in [3.8, 4) is 11.5 Å². The average Bonchev–Trinajstić information content (AvgIpc) is 3.01. The van der Waals surface area contributed by atoms with Crippen LogP contribution in [0.3, 0.4) is 0 Å². The summed E-state index contributed by atoms with van der Waals surface area (Å²) in [5.41, 5.74) is 1.24. The fourth-order valence-corrected chi connectivity index (χ4v) is 3.13. The van der Waals surface area contributed by atoms with E-state index < -0.39 is 5.91 Å². The standard InChI is InChI=1S/C19H16N2O4S/c1-24-14-9-8-12(10-15(14)25-2)11-16-18(23)21-19(26-16)20-17(22)13-6-4-3-5-7-13/h3-11H,1-2H3,(H,20,21,22,23)/b16-11-. The summed E-state index contributed by atoms with van der Waals surface area (Å²) in [6, 6.07) is 14.0. The SMILES string of the molecule is COc1ccc(/C=C2\SC(=NC(=O)c3ccccc3)NC2=O)cc1OC. The first kappa shape index (κ1) is 17.8. The van der Waals surface area contributed by atoms with E-state index in [1.54, 1.807) is 56.7 Å². The van der Waals surface area contributed by atoms with E-state index in [9.17, 15) is 9.59 Å². The zero-order valence-electron chi connectivity index (χ0n) is 14.2. The van der Waals surface area contributed by atoms with E-state index in [1.807, 2.05) is 12.1 Å². The molecule has 0 unspecified atom stereocenters. The van der Waals surface area contributed by atoms with E-state index >= 15 is 0 Å². The first-order valence-corrected chi connectivity index (χ1v) is 8.53. The molecule has 0 radical (unpaired) electrons. The molecule has 132 valence electrons. The summed E-state index contributed by atoms with van der Waals surface area (Å²) in [6.45, 7) is 0. The lowest BCUT2D eigenvalue weighted by atomic mass is 10.2. The molecule has 1 saturated heterocycles. The van der Waals surface area contributed by atoms with Gasteiger partial charge < -0.3 is 14.8 Å². The highest BCUT2D eigenvalue weighted by atomic mass is 32.2. The Morgan fingerprint density at radius 1 is 1.08 bits per heavy atom. The lowest BCUT2D eigenvalue weighted by Gasteiger charge is -2.07. The number of amides is 2. The summed E-state index contributed by atoms with van der Waals surface area (Å²) in [7, 11) is 3.11.